The first-order chi connectivity index (χ1) is 6.65. The van der Waals surface area contributed by atoms with E-state index in [0.29, 0.717) is 5.75 Å². The fraction of sp³-hybridized carbons (Fsp3) is 0.375. The number of thioether (sulfide) groups is 1. The van der Waals surface area contributed by atoms with Crippen LogP contribution in [0, 0.1) is 17.0 Å². The van der Waals surface area contributed by atoms with Crippen molar-refractivity contribution in [1.29, 1.82) is 0 Å². The van der Waals surface area contributed by atoms with Crippen molar-refractivity contribution < 1.29 is 10.0 Å². The molecule has 1 N–H and O–H groups in total. The van der Waals surface area contributed by atoms with E-state index in [2.05, 4.69) is 4.98 Å². The smallest absolute Gasteiger partial charge is 0.287 e. The molecule has 0 spiro atoms. The number of rotatable bonds is 4. The number of nitrogens with zero attached hydrogens (tertiary/aromatic N) is 2. The van der Waals surface area contributed by atoms with Crippen molar-refractivity contribution in [3.8, 4) is 0 Å². The quantitative estimate of drug-likeness (QED) is 0.465. The van der Waals surface area contributed by atoms with E-state index in [0.717, 1.165) is 10.6 Å². The number of aromatic nitrogens is 1. The lowest BCUT2D eigenvalue weighted by atomic mass is 10.3. The fourth-order valence-corrected chi connectivity index (χ4v) is 1.64. The molecule has 1 aromatic heterocycles. The predicted molar refractivity (Wildman–Crippen MR) is 53.4 cm³/mol. The van der Waals surface area contributed by atoms with E-state index in [1.807, 2.05) is 0 Å². The zero-order valence-electron chi connectivity index (χ0n) is 7.64. The second-order valence-corrected chi connectivity index (χ2v) is 3.73. The SMILES string of the molecule is Cc1cc([N+](=O)[O-])cnc1SCCO. The standard InChI is InChI=1S/C8H10N2O3S/c1-6-4-7(10(12)13)5-9-8(6)14-3-2-11/h4-5,11H,2-3H2,1H3. The molecular weight excluding hydrogens is 204 g/mol. The van der Waals surface area contributed by atoms with Crippen LogP contribution >= 0.6 is 11.8 Å². The van der Waals surface area contributed by atoms with Crippen molar-refractivity contribution in [3.05, 3.63) is 27.9 Å². The van der Waals surface area contributed by atoms with Crippen LogP contribution < -0.4 is 0 Å². The Morgan fingerprint density at radius 1 is 1.71 bits per heavy atom. The molecule has 0 aliphatic rings. The molecule has 76 valence electrons. The third-order valence-corrected chi connectivity index (χ3v) is 2.64. The van der Waals surface area contributed by atoms with Gasteiger partial charge >= 0.3 is 0 Å². The molecule has 0 aromatic carbocycles. The second-order valence-electron chi connectivity index (χ2n) is 2.64. The van der Waals surface area contributed by atoms with Crippen LogP contribution in [0.3, 0.4) is 0 Å². The van der Waals surface area contributed by atoms with Crippen molar-refractivity contribution in [2.24, 2.45) is 0 Å². The number of aliphatic hydroxyl groups excluding tert-OH is 1. The van der Waals surface area contributed by atoms with Crippen molar-refractivity contribution in [2.75, 3.05) is 12.4 Å². The van der Waals surface area contributed by atoms with Crippen LogP contribution in [0.5, 0.6) is 0 Å². The zero-order valence-corrected chi connectivity index (χ0v) is 8.45. The Balaban J connectivity index is 2.84. The van der Waals surface area contributed by atoms with Crippen molar-refractivity contribution in [2.45, 2.75) is 11.9 Å². The van der Waals surface area contributed by atoms with Crippen LogP contribution in [0.25, 0.3) is 0 Å². The van der Waals surface area contributed by atoms with Gasteiger partial charge in [0.05, 0.1) is 16.6 Å². The minimum atomic E-state index is -0.472. The Labute approximate surface area is 85.3 Å². The molecule has 6 heteroatoms. The highest BCUT2D eigenvalue weighted by Crippen LogP contribution is 2.22. The summed E-state index contributed by atoms with van der Waals surface area (Å²) < 4.78 is 0. The minimum absolute atomic E-state index is 0.00384. The molecular formula is C8H10N2O3S. The van der Waals surface area contributed by atoms with Gasteiger partial charge in [-0.3, -0.25) is 10.1 Å². The maximum absolute atomic E-state index is 10.4. The summed E-state index contributed by atoms with van der Waals surface area (Å²) in [6, 6.07) is 1.48. The summed E-state index contributed by atoms with van der Waals surface area (Å²) in [7, 11) is 0. The molecule has 1 rings (SSSR count). The van der Waals surface area contributed by atoms with Gasteiger partial charge < -0.3 is 5.11 Å². The Morgan fingerprint density at radius 2 is 2.43 bits per heavy atom. The lowest BCUT2D eigenvalue weighted by Gasteiger charge is -2.01. The number of hydrogen-bond donors (Lipinski definition) is 1. The fourth-order valence-electron chi connectivity index (χ4n) is 0.941. The second kappa shape index (κ2) is 4.92. The Hall–Kier alpha value is -1.14. The molecule has 0 fully saturated rings. The van der Waals surface area contributed by atoms with E-state index in [1.54, 1.807) is 6.92 Å². The van der Waals surface area contributed by atoms with Crippen LogP contribution in [-0.2, 0) is 0 Å². The molecule has 0 aliphatic carbocycles. The Morgan fingerprint density at radius 3 is 2.93 bits per heavy atom. The number of hydrogen-bond acceptors (Lipinski definition) is 5. The highest BCUT2D eigenvalue weighted by molar-refractivity contribution is 7.99. The zero-order chi connectivity index (χ0) is 10.6. The maximum Gasteiger partial charge on any atom is 0.287 e. The van der Waals surface area contributed by atoms with Gasteiger partial charge in [-0.25, -0.2) is 4.98 Å². The van der Waals surface area contributed by atoms with Gasteiger partial charge in [-0.2, -0.15) is 0 Å². The van der Waals surface area contributed by atoms with Gasteiger partial charge in [0.25, 0.3) is 5.69 Å². The first-order valence-electron chi connectivity index (χ1n) is 4.00. The van der Waals surface area contributed by atoms with Crippen LogP contribution in [0.1, 0.15) is 5.56 Å². The van der Waals surface area contributed by atoms with E-state index in [1.165, 1.54) is 24.0 Å². The molecule has 1 heterocycles. The lowest BCUT2D eigenvalue weighted by molar-refractivity contribution is -0.385. The molecule has 0 amide bonds. The molecule has 0 aliphatic heterocycles. The summed E-state index contributed by atoms with van der Waals surface area (Å²) in [4.78, 5) is 13.9. The lowest BCUT2D eigenvalue weighted by Crippen LogP contribution is -1.94. The molecule has 0 unspecified atom stereocenters. The third-order valence-electron chi connectivity index (χ3n) is 1.56. The summed E-state index contributed by atoms with van der Waals surface area (Å²) in [6.45, 7) is 1.84. The van der Waals surface area contributed by atoms with Crippen molar-refractivity contribution in [3.63, 3.8) is 0 Å². The molecule has 14 heavy (non-hydrogen) atoms. The normalized spacial score (nSPS) is 10.1. The van der Waals surface area contributed by atoms with Gasteiger partial charge in [0, 0.05) is 11.8 Å². The monoisotopic (exact) mass is 214 g/mol. The van der Waals surface area contributed by atoms with Gasteiger partial charge in [-0.1, -0.05) is 0 Å². The Kier molecular flexibility index (Phi) is 3.84. The van der Waals surface area contributed by atoms with Gasteiger partial charge in [-0.05, 0) is 12.5 Å². The van der Waals surface area contributed by atoms with Crippen LogP contribution in [0.2, 0.25) is 0 Å². The summed E-state index contributed by atoms with van der Waals surface area (Å²) in [5.41, 5.74) is 0.758. The first kappa shape index (κ1) is 10.9. The number of nitro groups is 1. The summed E-state index contributed by atoms with van der Waals surface area (Å²) in [5, 5.41) is 19.7. The average Bonchev–Trinajstić information content (AvgIpc) is 2.15. The molecule has 0 bridgehead atoms. The van der Waals surface area contributed by atoms with E-state index in [-0.39, 0.29) is 12.3 Å². The molecule has 5 nitrogen and oxygen atoms in total. The van der Waals surface area contributed by atoms with Crippen LogP contribution in [0.15, 0.2) is 17.3 Å². The molecule has 0 saturated heterocycles. The van der Waals surface area contributed by atoms with Crippen LogP contribution in [0.4, 0.5) is 5.69 Å². The highest BCUT2D eigenvalue weighted by atomic mass is 32.2. The van der Waals surface area contributed by atoms with Gasteiger partial charge in [0.15, 0.2) is 0 Å². The largest absolute Gasteiger partial charge is 0.396 e. The molecule has 1 aromatic rings. The van der Waals surface area contributed by atoms with E-state index < -0.39 is 4.92 Å². The van der Waals surface area contributed by atoms with Gasteiger partial charge in [0.1, 0.15) is 6.20 Å². The van der Waals surface area contributed by atoms with Gasteiger partial charge in [0.2, 0.25) is 0 Å². The first-order valence-corrected chi connectivity index (χ1v) is 4.98. The predicted octanol–water partition coefficient (Wildman–Crippen LogP) is 1.38. The van der Waals surface area contributed by atoms with Crippen LogP contribution in [-0.4, -0.2) is 27.4 Å². The number of aliphatic hydroxyl groups is 1. The van der Waals surface area contributed by atoms with E-state index >= 15 is 0 Å². The van der Waals surface area contributed by atoms with E-state index in [4.69, 9.17) is 5.11 Å². The number of aryl methyl sites for hydroxylation is 1. The van der Waals surface area contributed by atoms with Crippen molar-refractivity contribution >= 4 is 17.4 Å². The molecule has 0 atom stereocenters. The molecule has 0 saturated carbocycles. The summed E-state index contributed by atoms with van der Waals surface area (Å²) in [6.07, 6.45) is 1.23. The average molecular weight is 214 g/mol. The topological polar surface area (TPSA) is 76.3 Å². The maximum atomic E-state index is 10.4. The Bertz CT molecular complexity index is 343. The van der Waals surface area contributed by atoms with Crippen molar-refractivity contribution in [1.82, 2.24) is 4.98 Å². The number of pyridine rings is 1. The summed E-state index contributed by atoms with van der Waals surface area (Å²) in [5.74, 6) is 0.547. The highest BCUT2D eigenvalue weighted by Gasteiger charge is 2.09. The minimum Gasteiger partial charge on any atom is -0.396 e. The van der Waals surface area contributed by atoms with Gasteiger partial charge in [-0.15, -0.1) is 11.8 Å². The third kappa shape index (κ3) is 2.68. The van der Waals surface area contributed by atoms with E-state index in [9.17, 15) is 10.1 Å². The summed E-state index contributed by atoms with van der Waals surface area (Å²) >= 11 is 1.38. The molecule has 0 radical (unpaired) electrons.